The average molecular weight is 355 g/mol. The van der Waals surface area contributed by atoms with Crippen molar-refractivity contribution in [3.63, 3.8) is 0 Å². The molecule has 0 unspecified atom stereocenters. The fourth-order valence-corrected chi connectivity index (χ4v) is 2.87. The third-order valence-corrected chi connectivity index (χ3v) is 4.19. The normalized spacial score (nSPS) is 10.9. The molecule has 0 aliphatic heterocycles. The molecule has 6 nitrogen and oxygen atoms in total. The van der Waals surface area contributed by atoms with E-state index in [1.807, 2.05) is 0 Å². The average Bonchev–Trinajstić information content (AvgIpc) is 2.62. The van der Waals surface area contributed by atoms with Gasteiger partial charge in [-0.3, -0.25) is 18.7 Å². The molecular weight excluding hydrogens is 337 g/mol. The van der Waals surface area contributed by atoms with Crippen molar-refractivity contribution in [1.82, 2.24) is 9.13 Å². The van der Waals surface area contributed by atoms with Crippen LogP contribution in [-0.4, -0.2) is 15.0 Å². The number of rotatable bonds is 4. The van der Waals surface area contributed by atoms with E-state index in [1.54, 1.807) is 38.1 Å². The molecule has 3 aromatic rings. The summed E-state index contributed by atoms with van der Waals surface area (Å²) in [5, 5.41) is 3.02. The maximum atomic E-state index is 13.3. The number of halogens is 1. The van der Waals surface area contributed by atoms with Gasteiger partial charge in [-0.25, -0.2) is 9.18 Å². The first kappa shape index (κ1) is 17.6. The van der Waals surface area contributed by atoms with Crippen LogP contribution in [0.25, 0.3) is 10.9 Å². The monoisotopic (exact) mass is 355 g/mol. The zero-order chi connectivity index (χ0) is 18.8. The van der Waals surface area contributed by atoms with Gasteiger partial charge in [0.15, 0.2) is 0 Å². The second-order valence-corrected chi connectivity index (χ2v) is 5.95. The van der Waals surface area contributed by atoms with Crippen LogP contribution in [0, 0.1) is 12.7 Å². The van der Waals surface area contributed by atoms with Gasteiger partial charge in [-0.05, 0) is 49.7 Å². The highest BCUT2D eigenvalue weighted by molar-refractivity contribution is 5.91. The van der Waals surface area contributed by atoms with E-state index in [4.69, 9.17) is 0 Å². The van der Waals surface area contributed by atoms with Gasteiger partial charge in [0.1, 0.15) is 12.4 Å². The van der Waals surface area contributed by atoms with Gasteiger partial charge in [0, 0.05) is 12.2 Å². The van der Waals surface area contributed by atoms with Crippen molar-refractivity contribution in [2.45, 2.75) is 26.9 Å². The SMILES string of the molecule is CCn1c(=O)c2ccccc2n(CC(=O)Nc2ccc(F)c(C)c2)c1=O. The molecule has 0 fully saturated rings. The Hall–Kier alpha value is -3.22. The Labute approximate surface area is 148 Å². The highest BCUT2D eigenvalue weighted by Gasteiger charge is 2.14. The maximum absolute atomic E-state index is 13.3. The molecule has 1 heterocycles. The lowest BCUT2D eigenvalue weighted by Crippen LogP contribution is -2.41. The van der Waals surface area contributed by atoms with Crippen LogP contribution in [0.1, 0.15) is 12.5 Å². The summed E-state index contributed by atoms with van der Waals surface area (Å²) in [7, 11) is 0. The summed E-state index contributed by atoms with van der Waals surface area (Å²) in [5.74, 6) is -0.801. The van der Waals surface area contributed by atoms with Crippen LogP contribution in [0.2, 0.25) is 0 Å². The number of hydrogen-bond donors (Lipinski definition) is 1. The molecule has 1 N–H and O–H groups in total. The van der Waals surface area contributed by atoms with Gasteiger partial charge in [-0.15, -0.1) is 0 Å². The van der Waals surface area contributed by atoms with E-state index < -0.39 is 11.6 Å². The lowest BCUT2D eigenvalue weighted by atomic mass is 10.2. The van der Waals surface area contributed by atoms with Crippen molar-refractivity contribution >= 4 is 22.5 Å². The predicted molar refractivity (Wildman–Crippen MR) is 97.9 cm³/mol. The first-order chi connectivity index (χ1) is 12.4. The third kappa shape index (κ3) is 3.15. The lowest BCUT2D eigenvalue weighted by molar-refractivity contribution is -0.116. The van der Waals surface area contributed by atoms with E-state index in [2.05, 4.69) is 5.32 Å². The smallest absolute Gasteiger partial charge is 0.325 e. The maximum Gasteiger partial charge on any atom is 0.331 e. The zero-order valence-electron chi connectivity index (χ0n) is 14.5. The van der Waals surface area contributed by atoms with Gasteiger partial charge >= 0.3 is 5.69 Å². The van der Waals surface area contributed by atoms with Crippen molar-refractivity contribution in [2.75, 3.05) is 5.32 Å². The largest absolute Gasteiger partial charge is 0.331 e. The number of fused-ring (bicyclic) bond motifs is 1. The summed E-state index contributed by atoms with van der Waals surface area (Å²) in [6.07, 6.45) is 0. The van der Waals surface area contributed by atoms with Crippen LogP contribution in [0.3, 0.4) is 0 Å². The minimum atomic E-state index is -0.540. The van der Waals surface area contributed by atoms with Crippen LogP contribution in [0.4, 0.5) is 10.1 Å². The van der Waals surface area contributed by atoms with Gasteiger partial charge in [-0.2, -0.15) is 0 Å². The Balaban J connectivity index is 2.00. The molecule has 0 atom stereocenters. The molecular formula is C19H18FN3O3. The lowest BCUT2D eigenvalue weighted by Gasteiger charge is -2.13. The fourth-order valence-electron chi connectivity index (χ4n) is 2.87. The quantitative estimate of drug-likeness (QED) is 0.780. The topological polar surface area (TPSA) is 73.1 Å². The Bertz CT molecular complexity index is 1120. The number of anilines is 1. The summed E-state index contributed by atoms with van der Waals surface area (Å²) < 4.78 is 15.7. The van der Waals surface area contributed by atoms with Crippen LogP contribution >= 0.6 is 0 Å². The number of aryl methyl sites for hydroxylation is 1. The number of para-hydroxylation sites is 1. The van der Waals surface area contributed by atoms with Crippen molar-refractivity contribution in [2.24, 2.45) is 0 Å². The molecule has 0 spiro atoms. The molecule has 1 amide bonds. The van der Waals surface area contributed by atoms with Gasteiger partial charge in [-0.1, -0.05) is 12.1 Å². The van der Waals surface area contributed by atoms with Gasteiger partial charge in [0.25, 0.3) is 5.56 Å². The van der Waals surface area contributed by atoms with E-state index in [9.17, 15) is 18.8 Å². The van der Waals surface area contributed by atoms with E-state index in [0.29, 0.717) is 22.2 Å². The van der Waals surface area contributed by atoms with Crippen LogP contribution < -0.4 is 16.6 Å². The molecule has 26 heavy (non-hydrogen) atoms. The van der Waals surface area contributed by atoms with Crippen molar-refractivity contribution in [3.8, 4) is 0 Å². The molecule has 1 aromatic heterocycles. The first-order valence-corrected chi connectivity index (χ1v) is 8.20. The Kier molecular flexibility index (Phi) is 4.71. The van der Waals surface area contributed by atoms with Crippen molar-refractivity contribution < 1.29 is 9.18 Å². The Morgan fingerprint density at radius 2 is 1.85 bits per heavy atom. The second-order valence-electron chi connectivity index (χ2n) is 5.95. The standard InChI is InChI=1S/C19H18FN3O3/c1-3-22-18(25)14-6-4-5-7-16(14)23(19(22)26)11-17(24)21-13-8-9-15(20)12(2)10-13/h4-10H,3,11H2,1-2H3,(H,21,24). The number of nitrogens with zero attached hydrogens (tertiary/aromatic N) is 2. The predicted octanol–water partition coefficient (Wildman–Crippen LogP) is 2.27. The minimum Gasteiger partial charge on any atom is -0.325 e. The molecule has 0 saturated heterocycles. The summed E-state index contributed by atoms with van der Waals surface area (Å²) in [4.78, 5) is 37.4. The molecule has 0 saturated carbocycles. The highest BCUT2D eigenvalue weighted by Crippen LogP contribution is 2.14. The summed E-state index contributed by atoms with van der Waals surface area (Å²) in [5.41, 5.74) is 0.332. The van der Waals surface area contributed by atoms with E-state index >= 15 is 0 Å². The summed E-state index contributed by atoms with van der Waals surface area (Å²) >= 11 is 0. The number of amides is 1. The van der Waals surface area contributed by atoms with Gasteiger partial charge in [0.2, 0.25) is 5.91 Å². The molecule has 3 rings (SSSR count). The van der Waals surface area contributed by atoms with Crippen LogP contribution in [-0.2, 0) is 17.9 Å². The van der Waals surface area contributed by atoms with Crippen LogP contribution in [0.5, 0.6) is 0 Å². The van der Waals surface area contributed by atoms with Gasteiger partial charge < -0.3 is 5.32 Å². The Morgan fingerprint density at radius 3 is 2.54 bits per heavy atom. The number of carbonyl (C=O) groups excluding carboxylic acids is 1. The zero-order valence-corrected chi connectivity index (χ0v) is 14.5. The number of nitrogens with one attached hydrogen (secondary N) is 1. The molecule has 0 radical (unpaired) electrons. The minimum absolute atomic E-state index is 0.210. The van der Waals surface area contributed by atoms with E-state index in [0.717, 1.165) is 4.57 Å². The van der Waals surface area contributed by atoms with Crippen molar-refractivity contribution in [3.05, 3.63) is 74.7 Å². The summed E-state index contributed by atoms with van der Waals surface area (Å²) in [6.45, 7) is 3.25. The van der Waals surface area contributed by atoms with E-state index in [1.165, 1.54) is 22.8 Å². The summed E-state index contributed by atoms with van der Waals surface area (Å²) in [6, 6.07) is 10.9. The van der Waals surface area contributed by atoms with E-state index in [-0.39, 0.29) is 24.5 Å². The van der Waals surface area contributed by atoms with Crippen molar-refractivity contribution in [1.29, 1.82) is 0 Å². The third-order valence-electron chi connectivity index (χ3n) is 4.19. The molecule has 134 valence electrons. The van der Waals surface area contributed by atoms with Gasteiger partial charge in [0.05, 0.1) is 10.9 Å². The van der Waals surface area contributed by atoms with Crippen LogP contribution in [0.15, 0.2) is 52.1 Å². The molecule has 7 heteroatoms. The number of carbonyl (C=O) groups is 1. The first-order valence-electron chi connectivity index (χ1n) is 8.20. The number of hydrogen-bond acceptors (Lipinski definition) is 3. The molecule has 0 aliphatic rings. The number of aromatic nitrogens is 2. The molecule has 0 bridgehead atoms. The second kappa shape index (κ2) is 6.95. The Morgan fingerprint density at radius 1 is 1.12 bits per heavy atom. The highest BCUT2D eigenvalue weighted by atomic mass is 19.1. The number of benzene rings is 2. The fraction of sp³-hybridized carbons (Fsp3) is 0.211. The molecule has 2 aromatic carbocycles. The molecule has 0 aliphatic carbocycles.